The molecule has 0 aliphatic rings. The van der Waals surface area contributed by atoms with Gasteiger partial charge in [0.1, 0.15) is 5.60 Å². The molecule has 0 aromatic carbocycles. The summed E-state index contributed by atoms with van der Waals surface area (Å²) in [7, 11) is 0. The number of pyridine rings is 1. The second-order valence-corrected chi connectivity index (χ2v) is 5.44. The molecule has 7 heteroatoms. The van der Waals surface area contributed by atoms with Crippen LogP contribution in [0.5, 0.6) is 0 Å². The Morgan fingerprint density at radius 2 is 2.10 bits per heavy atom. The summed E-state index contributed by atoms with van der Waals surface area (Å²) in [6.07, 6.45) is 3.21. The number of nitrogens with one attached hydrogen (secondary N) is 2. The first-order valence-corrected chi connectivity index (χ1v) is 6.80. The number of hydrazine groups is 1. The minimum atomic E-state index is -0.620. The Bertz CT molecular complexity index is 471. The summed E-state index contributed by atoms with van der Waals surface area (Å²) in [6, 6.07) is 2.87. The second kappa shape index (κ2) is 7.47. The summed E-state index contributed by atoms with van der Waals surface area (Å²) in [4.78, 5) is 27.7. The van der Waals surface area contributed by atoms with Gasteiger partial charge in [-0.25, -0.2) is 20.0 Å². The monoisotopic (exact) mass is 294 g/mol. The molecular formula is C14H22N4O3. The lowest BCUT2D eigenvalue weighted by atomic mass is 10.2. The first kappa shape index (κ1) is 16.7. The van der Waals surface area contributed by atoms with E-state index in [1.807, 2.05) is 6.92 Å². The highest BCUT2D eigenvalue weighted by molar-refractivity contribution is 5.90. The minimum Gasteiger partial charge on any atom is -0.442 e. The minimum absolute atomic E-state index is 0.357. The van der Waals surface area contributed by atoms with E-state index in [1.165, 1.54) is 6.20 Å². The van der Waals surface area contributed by atoms with Gasteiger partial charge in [0, 0.05) is 12.7 Å². The summed E-state index contributed by atoms with van der Waals surface area (Å²) in [5, 5.41) is 3.74. The summed E-state index contributed by atoms with van der Waals surface area (Å²) >= 11 is 0. The molecule has 3 amide bonds. The normalized spacial score (nSPS) is 10.7. The number of carbonyl (C=O) groups is 2. The maximum Gasteiger partial charge on any atom is 0.429 e. The van der Waals surface area contributed by atoms with Crippen molar-refractivity contribution in [3.05, 3.63) is 24.5 Å². The molecule has 0 fully saturated rings. The average molecular weight is 294 g/mol. The third-order valence-corrected chi connectivity index (χ3v) is 2.22. The van der Waals surface area contributed by atoms with Crippen LogP contribution < -0.4 is 10.7 Å². The lowest BCUT2D eigenvalue weighted by molar-refractivity contribution is 0.0174. The van der Waals surface area contributed by atoms with Gasteiger partial charge in [0.15, 0.2) is 0 Å². The number of urea groups is 1. The van der Waals surface area contributed by atoms with Crippen molar-refractivity contribution in [1.29, 1.82) is 0 Å². The van der Waals surface area contributed by atoms with Crippen molar-refractivity contribution in [2.45, 2.75) is 39.7 Å². The van der Waals surface area contributed by atoms with Gasteiger partial charge < -0.3 is 10.1 Å². The van der Waals surface area contributed by atoms with Crippen LogP contribution >= 0.6 is 0 Å². The van der Waals surface area contributed by atoms with Gasteiger partial charge in [-0.3, -0.25) is 4.98 Å². The number of hydrogen-bond donors (Lipinski definition) is 2. The van der Waals surface area contributed by atoms with Crippen LogP contribution in [0.3, 0.4) is 0 Å². The molecule has 116 valence electrons. The van der Waals surface area contributed by atoms with Crippen LogP contribution in [-0.2, 0) is 4.74 Å². The first-order valence-electron chi connectivity index (χ1n) is 6.80. The van der Waals surface area contributed by atoms with Crippen molar-refractivity contribution in [2.75, 3.05) is 11.9 Å². The van der Waals surface area contributed by atoms with Gasteiger partial charge in [-0.1, -0.05) is 6.92 Å². The number of aromatic nitrogens is 1. The summed E-state index contributed by atoms with van der Waals surface area (Å²) in [5.74, 6) is 0. The third kappa shape index (κ3) is 6.60. The van der Waals surface area contributed by atoms with Crippen LogP contribution in [0.2, 0.25) is 0 Å². The van der Waals surface area contributed by atoms with Crippen LogP contribution in [0, 0.1) is 0 Å². The zero-order chi connectivity index (χ0) is 15.9. The largest absolute Gasteiger partial charge is 0.442 e. The van der Waals surface area contributed by atoms with Crippen LogP contribution in [0.1, 0.15) is 34.1 Å². The van der Waals surface area contributed by atoms with Crippen molar-refractivity contribution in [1.82, 2.24) is 15.4 Å². The van der Waals surface area contributed by atoms with E-state index in [0.29, 0.717) is 18.7 Å². The van der Waals surface area contributed by atoms with Crippen molar-refractivity contribution < 1.29 is 14.3 Å². The lowest BCUT2D eigenvalue weighted by Gasteiger charge is -2.27. The second-order valence-electron chi connectivity index (χ2n) is 5.44. The Hall–Kier alpha value is -2.31. The van der Waals surface area contributed by atoms with Gasteiger partial charge in [-0.2, -0.15) is 0 Å². The van der Waals surface area contributed by atoms with Crippen LogP contribution in [0.4, 0.5) is 15.3 Å². The van der Waals surface area contributed by atoms with Gasteiger partial charge in [0.25, 0.3) is 0 Å². The molecule has 0 bridgehead atoms. The number of anilines is 1. The standard InChI is InChI=1S/C14H22N4O3/c1-5-9-18(13(20)21-14(2,3)4)17-12(19)16-11-7-6-8-15-10-11/h6-8,10H,5,9H2,1-4H3,(H2,16,17,19). The van der Waals surface area contributed by atoms with Crippen molar-refractivity contribution in [2.24, 2.45) is 0 Å². The predicted molar refractivity (Wildman–Crippen MR) is 79.6 cm³/mol. The van der Waals surface area contributed by atoms with E-state index in [0.717, 1.165) is 5.01 Å². The maximum absolute atomic E-state index is 12.0. The van der Waals surface area contributed by atoms with E-state index in [1.54, 1.807) is 39.1 Å². The zero-order valence-corrected chi connectivity index (χ0v) is 12.8. The number of ether oxygens (including phenoxy) is 1. The summed E-state index contributed by atoms with van der Waals surface area (Å²) < 4.78 is 5.24. The van der Waals surface area contributed by atoms with E-state index in [-0.39, 0.29) is 0 Å². The number of rotatable bonds is 3. The number of hydrogen-bond acceptors (Lipinski definition) is 4. The Balaban J connectivity index is 2.61. The summed E-state index contributed by atoms with van der Waals surface area (Å²) in [5.41, 5.74) is 2.39. The molecule has 0 unspecified atom stereocenters. The number of amides is 3. The van der Waals surface area contributed by atoms with Crippen LogP contribution in [0.15, 0.2) is 24.5 Å². The predicted octanol–water partition coefficient (Wildman–Crippen LogP) is 2.77. The lowest BCUT2D eigenvalue weighted by Crippen LogP contribution is -2.50. The SMILES string of the molecule is CCCN(NC(=O)Nc1cccnc1)C(=O)OC(C)(C)C. The van der Waals surface area contributed by atoms with Crippen LogP contribution in [-0.4, -0.2) is 34.3 Å². The Morgan fingerprint density at radius 3 is 2.62 bits per heavy atom. The molecule has 0 aliphatic carbocycles. The molecule has 0 saturated heterocycles. The van der Waals surface area contributed by atoms with E-state index >= 15 is 0 Å². The molecule has 0 saturated carbocycles. The van der Waals surface area contributed by atoms with Gasteiger partial charge in [0.2, 0.25) is 0 Å². The smallest absolute Gasteiger partial charge is 0.429 e. The van der Waals surface area contributed by atoms with Gasteiger partial charge in [0.05, 0.1) is 11.9 Å². The number of nitrogens with zero attached hydrogens (tertiary/aromatic N) is 2. The van der Waals surface area contributed by atoms with Gasteiger partial charge in [-0.15, -0.1) is 0 Å². The fourth-order valence-corrected chi connectivity index (χ4v) is 1.45. The molecule has 0 atom stereocenters. The molecule has 1 aromatic rings. The highest BCUT2D eigenvalue weighted by atomic mass is 16.6. The van der Waals surface area contributed by atoms with E-state index in [2.05, 4.69) is 15.7 Å². The molecule has 2 N–H and O–H groups in total. The van der Waals surface area contributed by atoms with Crippen LogP contribution in [0.25, 0.3) is 0 Å². The maximum atomic E-state index is 12.0. The molecule has 1 heterocycles. The molecule has 21 heavy (non-hydrogen) atoms. The Labute approximate surface area is 124 Å². The Kier molecular flexibility index (Phi) is 5.95. The van der Waals surface area contributed by atoms with Crippen molar-refractivity contribution >= 4 is 17.8 Å². The molecule has 1 aromatic heterocycles. The first-order chi connectivity index (χ1) is 9.81. The van der Waals surface area contributed by atoms with Gasteiger partial charge in [-0.05, 0) is 39.3 Å². The molecule has 0 aliphatic heterocycles. The highest BCUT2D eigenvalue weighted by Crippen LogP contribution is 2.09. The molecule has 7 nitrogen and oxygen atoms in total. The highest BCUT2D eigenvalue weighted by Gasteiger charge is 2.23. The van der Waals surface area contributed by atoms with Crippen molar-refractivity contribution in [3.8, 4) is 0 Å². The van der Waals surface area contributed by atoms with Gasteiger partial charge >= 0.3 is 12.1 Å². The van der Waals surface area contributed by atoms with E-state index in [4.69, 9.17) is 4.74 Å². The van der Waals surface area contributed by atoms with E-state index in [9.17, 15) is 9.59 Å². The molecule has 0 spiro atoms. The molecular weight excluding hydrogens is 272 g/mol. The Morgan fingerprint density at radius 1 is 1.38 bits per heavy atom. The average Bonchev–Trinajstić information content (AvgIpc) is 2.37. The molecule has 1 rings (SSSR count). The third-order valence-electron chi connectivity index (χ3n) is 2.22. The fourth-order valence-electron chi connectivity index (χ4n) is 1.45. The molecule has 0 radical (unpaired) electrons. The summed E-state index contributed by atoms with van der Waals surface area (Å²) in [6.45, 7) is 7.56. The fraction of sp³-hybridized carbons (Fsp3) is 0.500. The number of carbonyl (C=O) groups excluding carboxylic acids is 2. The van der Waals surface area contributed by atoms with Crippen molar-refractivity contribution in [3.63, 3.8) is 0 Å². The topological polar surface area (TPSA) is 83.6 Å². The quantitative estimate of drug-likeness (QED) is 0.840. The zero-order valence-electron chi connectivity index (χ0n) is 12.8. The van der Waals surface area contributed by atoms with E-state index < -0.39 is 17.7 Å².